The van der Waals surface area contributed by atoms with Crippen LogP contribution >= 0.6 is 0 Å². The number of carbonyl (C=O) groups excluding carboxylic acids is 1. The van der Waals surface area contributed by atoms with Crippen molar-refractivity contribution in [2.45, 2.75) is 38.1 Å². The van der Waals surface area contributed by atoms with Gasteiger partial charge < -0.3 is 10.2 Å². The maximum Gasteiger partial charge on any atom is 0.317 e. The fourth-order valence-corrected chi connectivity index (χ4v) is 3.21. The van der Waals surface area contributed by atoms with Crippen LogP contribution in [0, 0.1) is 0 Å². The number of likely N-dealkylation sites (tertiary alicyclic amines) is 1. The molecule has 1 aliphatic rings. The molecule has 0 aromatic carbocycles. The Morgan fingerprint density at radius 2 is 2.12 bits per heavy atom. The van der Waals surface area contributed by atoms with E-state index in [1.165, 1.54) is 0 Å². The Kier molecular flexibility index (Phi) is 5.13. The van der Waals surface area contributed by atoms with Crippen LogP contribution in [0.4, 0.5) is 4.79 Å². The number of hydrogen-bond donors (Lipinski definition) is 1. The molecule has 2 aromatic rings. The molecule has 1 aliphatic heterocycles. The lowest BCUT2D eigenvalue weighted by molar-refractivity contribution is 0.177. The Morgan fingerprint density at radius 3 is 2.75 bits per heavy atom. The van der Waals surface area contributed by atoms with Crippen molar-refractivity contribution in [2.75, 3.05) is 13.1 Å². The standard InChI is InChI=1S/C18H25N5O/c1-14(13-16-5-3-4-9-19-16)20-18(24)23-11-6-15(7-12-23)17-8-10-22(2)21-17/h3-5,8-10,14-15H,6-7,11-13H2,1-2H3,(H,20,24). The highest BCUT2D eigenvalue weighted by Gasteiger charge is 2.25. The normalized spacial score (nSPS) is 16.8. The number of amides is 2. The molecule has 0 bridgehead atoms. The number of hydrogen-bond acceptors (Lipinski definition) is 3. The van der Waals surface area contributed by atoms with E-state index in [4.69, 9.17) is 0 Å². The van der Waals surface area contributed by atoms with Gasteiger partial charge in [0.25, 0.3) is 0 Å². The van der Waals surface area contributed by atoms with E-state index in [0.717, 1.165) is 43.7 Å². The van der Waals surface area contributed by atoms with Crippen molar-refractivity contribution in [3.63, 3.8) is 0 Å². The second-order valence-electron chi connectivity index (χ2n) is 6.55. The molecule has 2 amide bonds. The Bertz CT molecular complexity index is 661. The molecule has 3 heterocycles. The van der Waals surface area contributed by atoms with Crippen molar-refractivity contribution in [3.05, 3.63) is 48.0 Å². The zero-order valence-electron chi connectivity index (χ0n) is 14.4. The molecule has 0 radical (unpaired) electrons. The van der Waals surface area contributed by atoms with Crippen molar-refractivity contribution < 1.29 is 4.79 Å². The molecule has 128 valence electrons. The van der Waals surface area contributed by atoms with E-state index in [0.29, 0.717) is 5.92 Å². The zero-order chi connectivity index (χ0) is 16.9. The van der Waals surface area contributed by atoms with Crippen molar-refractivity contribution >= 4 is 6.03 Å². The van der Waals surface area contributed by atoms with E-state index >= 15 is 0 Å². The summed E-state index contributed by atoms with van der Waals surface area (Å²) in [6, 6.07) is 8.03. The quantitative estimate of drug-likeness (QED) is 0.937. The molecule has 0 saturated carbocycles. The van der Waals surface area contributed by atoms with Crippen molar-refractivity contribution in [3.8, 4) is 0 Å². The van der Waals surface area contributed by atoms with Gasteiger partial charge in [0.15, 0.2) is 0 Å². The lowest BCUT2D eigenvalue weighted by atomic mass is 9.94. The van der Waals surface area contributed by atoms with E-state index in [2.05, 4.69) is 21.5 Å². The highest BCUT2D eigenvalue weighted by atomic mass is 16.2. The average Bonchev–Trinajstić information content (AvgIpc) is 3.02. The second-order valence-corrected chi connectivity index (χ2v) is 6.55. The van der Waals surface area contributed by atoms with Gasteiger partial charge >= 0.3 is 6.03 Å². The molecule has 24 heavy (non-hydrogen) atoms. The lowest BCUT2D eigenvalue weighted by Gasteiger charge is -2.32. The fourth-order valence-electron chi connectivity index (χ4n) is 3.21. The first-order chi connectivity index (χ1) is 11.6. The SMILES string of the molecule is CC(Cc1ccccn1)NC(=O)N1CCC(c2ccn(C)n2)CC1. The number of aromatic nitrogens is 3. The molecule has 1 saturated heterocycles. The molecule has 1 atom stereocenters. The maximum absolute atomic E-state index is 12.4. The van der Waals surface area contributed by atoms with Crippen LogP contribution in [0.5, 0.6) is 0 Å². The molecule has 0 spiro atoms. The number of nitrogens with one attached hydrogen (secondary N) is 1. The summed E-state index contributed by atoms with van der Waals surface area (Å²) in [4.78, 5) is 18.6. The summed E-state index contributed by atoms with van der Waals surface area (Å²) in [5.74, 6) is 0.459. The van der Waals surface area contributed by atoms with Gasteiger partial charge in [0.05, 0.1) is 5.69 Å². The maximum atomic E-state index is 12.4. The molecule has 1 unspecified atom stereocenters. The van der Waals surface area contributed by atoms with Crippen LogP contribution in [-0.4, -0.2) is 44.8 Å². The highest BCUT2D eigenvalue weighted by Crippen LogP contribution is 2.26. The lowest BCUT2D eigenvalue weighted by Crippen LogP contribution is -2.47. The molecule has 6 nitrogen and oxygen atoms in total. The number of aryl methyl sites for hydroxylation is 1. The van der Waals surface area contributed by atoms with Gasteiger partial charge in [-0.05, 0) is 38.0 Å². The van der Waals surface area contributed by atoms with E-state index in [9.17, 15) is 4.79 Å². The Morgan fingerprint density at radius 1 is 1.33 bits per heavy atom. The molecule has 1 N–H and O–H groups in total. The first-order valence-electron chi connectivity index (χ1n) is 8.56. The predicted octanol–water partition coefficient (Wildman–Crippen LogP) is 2.34. The first kappa shape index (κ1) is 16.5. The van der Waals surface area contributed by atoms with Gasteiger partial charge in [-0.1, -0.05) is 6.07 Å². The molecular weight excluding hydrogens is 302 g/mol. The minimum atomic E-state index is 0.0258. The predicted molar refractivity (Wildman–Crippen MR) is 92.7 cm³/mol. The van der Waals surface area contributed by atoms with Crippen molar-refractivity contribution in [1.29, 1.82) is 0 Å². The summed E-state index contributed by atoms with van der Waals surface area (Å²) < 4.78 is 1.84. The molecule has 3 rings (SSSR count). The highest BCUT2D eigenvalue weighted by molar-refractivity contribution is 5.74. The summed E-state index contributed by atoms with van der Waals surface area (Å²) in [5, 5.41) is 7.57. The minimum Gasteiger partial charge on any atom is -0.335 e. The van der Waals surface area contributed by atoms with Crippen LogP contribution < -0.4 is 5.32 Å². The number of urea groups is 1. The second kappa shape index (κ2) is 7.47. The monoisotopic (exact) mass is 327 g/mol. The van der Waals surface area contributed by atoms with Crippen LogP contribution in [-0.2, 0) is 13.5 Å². The summed E-state index contributed by atoms with van der Waals surface area (Å²) in [7, 11) is 1.94. The number of carbonyl (C=O) groups is 1. The van der Waals surface area contributed by atoms with Crippen LogP contribution in [0.1, 0.15) is 37.1 Å². The number of nitrogens with zero attached hydrogens (tertiary/aromatic N) is 4. The molecule has 1 fully saturated rings. The van der Waals surface area contributed by atoms with Crippen LogP contribution in [0.25, 0.3) is 0 Å². The van der Waals surface area contributed by atoms with Gasteiger partial charge in [-0.3, -0.25) is 9.67 Å². The summed E-state index contributed by atoms with van der Waals surface area (Å²) in [6.45, 7) is 3.58. The van der Waals surface area contributed by atoms with E-state index in [-0.39, 0.29) is 12.1 Å². The molecule has 2 aromatic heterocycles. The van der Waals surface area contributed by atoms with Crippen LogP contribution in [0.2, 0.25) is 0 Å². The third-order valence-electron chi connectivity index (χ3n) is 4.55. The van der Waals surface area contributed by atoms with E-state index in [1.807, 2.05) is 47.9 Å². The summed E-state index contributed by atoms with van der Waals surface area (Å²) in [6.07, 6.45) is 6.45. The smallest absolute Gasteiger partial charge is 0.317 e. The van der Waals surface area contributed by atoms with Gasteiger partial charge in [0, 0.05) is 56.6 Å². The fraction of sp³-hybridized carbons (Fsp3) is 0.500. The van der Waals surface area contributed by atoms with E-state index in [1.54, 1.807) is 6.20 Å². The van der Waals surface area contributed by atoms with E-state index < -0.39 is 0 Å². The number of pyridine rings is 1. The largest absolute Gasteiger partial charge is 0.335 e. The summed E-state index contributed by atoms with van der Waals surface area (Å²) >= 11 is 0. The number of piperidine rings is 1. The summed E-state index contributed by atoms with van der Waals surface area (Å²) in [5.41, 5.74) is 2.14. The Labute approximate surface area is 142 Å². The molecular formula is C18H25N5O. The number of rotatable bonds is 4. The average molecular weight is 327 g/mol. The Hall–Kier alpha value is -2.37. The first-order valence-corrected chi connectivity index (χ1v) is 8.56. The van der Waals surface area contributed by atoms with Gasteiger partial charge in [-0.15, -0.1) is 0 Å². The molecule has 6 heteroatoms. The molecule has 0 aliphatic carbocycles. The Balaban J connectivity index is 1.46. The van der Waals surface area contributed by atoms with Gasteiger partial charge in [0.2, 0.25) is 0 Å². The third-order valence-corrected chi connectivity index (χ3v) is 4.55. The zero-order valence-corrected chi connectivity index (χ0v) is 14.4. The van der Waals surface area contributed by atoms with Gasteiger partial charge in [-0.25, -0.2) is 4.79 Å². The van der Waals surface area contributed by atoms with Crippen LogP contribution in [0.15, 0.2) is 36.7 Å². The van der Waals surface area contributed by atoms with Gasteiger partial charge in [-0.2, -0.15) is 5.10 Å². The topological polar surface area (TPSA) is 63.1 Å². The van der Waals surface area contributed by atoms with Crippen molar-refractivity contribution in [1.82, 2.24) is 25.0 Å². The van der Waals surface area contributed by atoms with Crippen molar-refractivity contribution in [2.24, 2.45) is 7.05 Å². The van der Waals surface area contributed by atoms with Gasteiger partial charge in [0.1, 0.15) is 0 Å². The third kappa shape index (κ3) is 4.13. The van der Waals surface area contributed by atoms with Crippen LogP contribution in [0.3, 0.4) is 0 Å². The minimum absolute atomic E-state index is 0.0258.